The smallest absolute Gasteiger partial charge is 0.308 e. The Hall–Kier alpha value is -1.49. The zero-order valence-corrected chi connectivity index (χ0v) is 13.9. The lowest BCUT2D eigenvalue weighted by Gasteiger charge is -2.28. The second kappa shape index (κ2) is 7.68. The van der Waals surface area contributed by atoms with Crippen LogP contribution >= 0.6 is 11.8 Å². The predicted octanol–water partition coefficient (Wildman–Crippen LogP) is 3.27. The van der Waals surface area contributed by atoms with Crippen LogP contribution in [0.3, 0.4) is 0 Å². The normalized spacial score (nSPS) is 16.8. The number of carboxylic acid groups (broad SMARTS) is 1. The molecule has 2 unspecified atom stereocenters. The fraction of sp³-hybridized carbons (Fsp3) is 0.529. The maximum atomic E-state index is 12.8. The number of aliphatic carboxylic acids is 1. The van der Waals surface area contributed by atoms with Gasteiger partial charge in [0.15, 0.2) is 0 Å². The van der Waals surface area contributed by atoms with Gasteiger partial charge in [0.2, 0.25) is 5.91 Å². The number of amides is 1. The van der Waals surface area contributed by atoms with Gasteiger partial charge < -0.3 is 10.0 Å². The van der Waals surface area contributed by atoms with E-state index in [2.05, 4.69) is 0 Å². The standard InChI is InChI=1S/C17H23NO3S/c1-3-15(22-14-7-5-4-6-8-14)16(19)18(13-9-10-13)11-12(2)17(20)21/h4-8,12-13,15H,3,9-11H2,1-2H3,(H,20,21). The summed E-state index contributed by atoms with van der Waals surface area (Å²) >= 11 is 1.57. The molecule has 1 amide bonds. The molecule has 5 heteroatoms. The zero-order chi connectivity index (χ0) is 16.1. The van der Waals surface area contributed by atoms with E-state index in [4.69, 9.17) is 5.11 Å². The number of carbonyl (C=O) groups excluding carboxylic acids is 1. The van der Waals surface area contributed by atoms with Gasteiger partial charge in [-0.15, -0.1) is 11.8 Å². The van der Waals surface area contributed by atoms with Crippen LogP contribution in [0.4, 0.5) is 0 Å². The summed E-state index contributed by atoms with van der Waals surface area (Å²) < 4.78 is 0. The molecule has 0 heterocycles. The van der Waals surface area contributed by atoms with Gasteiger partial charge in [0.1, 0.15) is 0 Å². The highest BCUT2D eigenvalue weighted by Gasteiger charge is 2.37. The molecule has 0 aromatic heterocycles. The van der Waals surface area contributed by atoms with Gasteiger partial charge in [0, 0.05) is 17.5 Å². The van der Waals surface area contributed by atoms with E-state index in [-0.39, 0.29) is 17.2 Å². The number of nitrogens with zero attached hydrogens (tertiary/aromatic N) is 1. The van der Waals surface area contributed by atoms with Crippen LogP contribution in [0.2, 0.25) is 0 Å². The van der Waals surface area contributed by atoms with Crippen molar-refractivity contribution in [2.24, 2.45) is 5.92 Å². The molecule has 2 atom stereocenters. The van der Waals surface area contributed by atoms with Gasteiger partial charge in [-0.2, -0.15) is 0 Å². The molecule has 120 valence electrons. The Labute approximate surface area is 135 Å². The molecule has 1 aliphatic rings. The van der Waals surface area contributed by atoms with Gasteiger partial charge in [-0.3, -0.25) is 9.59 Å². The van der Waals surface area contributed by atoms with Crippen LogP contribution in [0, 0.1) is 5.92 Å². The molecular formula is C17H23NO3S. The van der Waals surface area contributed by atoms with E-state index in [1.54, 1.807) is 23.6 Å². The van der Waals surface area contributed by atoms with Crippen LogP contribution in [0.5, 0.6) is 0 Å². The molecule has 1 aromatic carbocycles. The van der Waals surface area contributed by atoms with Crippen LogP contribution in [0.25, 0.3) is 0 Å². The first kappa shape index (κ1) is 16.9. The van der Waals surface area contributed by atoms with Crippen molar-refractivity contribution in [3.8, 4) is 0 Å². The molecule has 2 rings (SSSR count). The average molecular weight is 321 g/mol. The predicted molar refractivity (Wildman–Crippen MR) is 87.9 cm³/mol. The summed E-state index contributed by atoms with van der Waals surface area (Å²) in [5, 5.41) is 8.95. The van der Waals surface area contributed by atoms with Gasteiger partial charge in [-0.25, -0.2) is 0 Å². The minimum Gasteiger partial charge on any atom is -0.481 e. The maximum absolute atomic E-state index is 12.8. The monoisotopic (exact) mass is 321 g/mol. The summed E-state index contributed by atoms with van der Waals surface area (Å²) in [5.41, 5.74) is 0. The van der Waals surface area contributed by atoms with Gasteiger partial charge in [0.25, 0.3) is 0 Å². The van der Waals surface area contributed by atoms with Crippen LogP contribution in [-0.4, -0.2) is 39.7 Å². The Morgan fingerprint density at radius 2 is 1.95 bits per heavy atom. The molecule has 1 saturated carbocycles. The Morgan fingerprint density at radius 1 is 1.32 bits per heavy atom. The summed E-state index contributed by atoms with van der Waals surface area (Å²) in [4.78, 5) is 26.8. The molecule has 22 heavy (non-hydrogen) atoms. The summed E-state index contributed by atoms with van der Waals surface area (Å²) in [5.74, 6) is -1.29. The van der Waals surface area contributed by atoms with Gasteiger partial charge in [-0.05, 0) is 31.4 Å². The van der Waals surface area contributed by atoms with E-state index < -0.39 is 11.9 Å². The zero-order valence-electron chi connectivity index (χ0n) is 13.1. The Bertz CT molecular complexity index is 516. The number of thioether (sulfide) groups is 1. The molecule has 1 fully saturated rings. The first-order valence-electron chi connectivity index (χ1n) is 7.78. The molecule has 0 saturated heterocycles. The molecule has 0 bridgehead atoms. The lowest BCUT2D eigenvalue weighted by Crippen LogP contribution is -2.43. The van der Waals surface area contributed by atoms with Crippen molar-refractivity contribution >= 4 is 23.6 Å². The largest absolute Gasteiger partial charge is 0.481 e. The van der Waals surface area contributed by atoms with Crippen molar-refractivity contribution in [3.63, 3.8) is 0 Å². The van der Waals surface area contributed by atoms with Crippen LogP contribution < -0.4 is 0 Å². The topological polar surface area (TPSA) is 57.6 Å². The van der Waals surface area contributed by atoms with Crippen molar-refractivity contribution in [1.82, 2.24) is 4.90 Å². The quantitative estimate of drug-likeness (QED) is 0.747. The van der Waals surface area contributed by atoms with Gasteiger partial charge in [0.05, 0.1) is 11.2 Å². The molecule has 1 N–H and O–H groups in total. The van der Waals surface area contributed by atoms with Gasteiger partial charge in [-0.1, -0.05) is 32.0 Å². The van der Waals surface area contributed by atoms with Crippen molar-refractivity contribution in [2.75, 3.05) is 6.54 Å². The number of benzene rings is 1. The van der Waals surface area contributed by atoms with E-state index in [0.717, 1.165) is 24.2 Å². The molecule has 0 spiro atoms. The van der Waals surface area contributed by atoms with E-state index in [0.29, 0.717) is 6.54 Å². The van der Waals surface area contributed by atoms with Crippen molar-refractivity contribution in [2.45, 2.75) is 49.3 Å². The third-order valence-corrected chi connectivity index (χ3v) is 5.19. The number of carboxylic acids is 1. The number of hydrogen-bond acceptors (Lipinski definition) is 3. The highest BCUT2D eigenvalue weighted by molar-refractivity contribution is 8.00. The third-order valence-electron chi connectivity index (χ3n) is 3.83. The second-order valence-corrected chi connectivity index (χ2v) is 7.06. The maximum Gasteiger partial charge on any atom is 0.308 e. The summed E-state index contributed by atoms with van der Waals surface area (Å²) in [6.07, 6.45) is 2.72. The summed E-state index contributed by atoms with van der Waals surface area (Å²) in [7, 11) is 0. The molecule has 4 nitrogen and oxygen atoms in total. The highest BCUT2D eigenvalue weighted by atomic mass is 32.2. The number of hydrogen-bond donors (Lipinski definition) is 1. The lowest BCUT2D eigenvalue weighted by molar-refractivity contribution is -0.143. The van der Waals surface area contributed by atoms with Crippen LogP contribution in [0.15, 0.2) is 35.2 Å². The Kier molecular flexibility index (Phi) is 5.89. The third kappa shape index (κ3) is 4.50. The van der Waals surface area contributed by atoms with Gasteiger partial charge >= 0.3 is 5.97 Å². The molecular weight excluding hydrogens is 298 g/mol. The summed E-state index contributed by atoms with van der Waals surface area (Å²) in [6.45, 7) is 3.98. The van der Waals surface area contributed by atoms with E-state index >= 15 is 0 Å². The van der Waals surface area contributed by atoms with Crippen molar-refractivity contribution in [3.05, 3.63) is 30.3 Å². The first-order valence-corrected chi connectivity index (χ1v) is 8.65. The fourth-order valence-corrected chi connectivity index (χ4v) is 3.38. The highest BCUT2D eigenvalue weighted by Crippen LogP contribution is 2.32. The number of carbonyl (C=O) groups is 2. The van der Waals surface area contributed by atoms with E-state index in [1.165, 1.54) is 0 Å². The number of rotatable bonds is 8. The van der Waals surface area contributed by atoms with E-state index in [1.807, 2.05) is 37.3 Å². The summed E-state index contributed by atoms with van der Waals surface area (Å²) in [6, 6.07) is 10.1. The Morgan fingerprint density at radius 3 is 2.45 bits per heavy atom. The molecule has 0 aliphatic heterocycles. The lowest BCUT2D eigenvalue weighted by atomic mass is 10.1. The molecule has 0 radical (unpaired) electrons. The minimum absolute atomic E-state index is 0.0759. The van der Waals surface area contributed by atoms with Crippen molar-refractivity contribution < 1.29 is 14.7 Å². The molecule has 1 aliphatic carbocycles. The van der Waals surface area contributed by atoms with E-state index in [9.17, 15) is 9.59 Å². The molecule has 1 aromatic rings. The SMILES string of the molecule is CCC(Sc1ccccc1)C(=O)N(CC(C)C(=O)O)C1CC1. The minimum atomic E-state index is -0.845. The van der Waals surface area contributed by atoms with Crippen molar-refractivity contribution in [1.29, 1.82) is 0 Å². The van der Waals surface area contributed by atoms with Crippen LogP contribution in [0.1, 0.15) is 33.1 Å². The Balaban J connectivity index is 2.05. The first-order chi connectivity index (χ1) is 10.5. The van der Waals surface area contributed by atoms with Crippen LogP contribution in [-0.2, 0) is 9.59 Å². The average Bonchev–Trinajstić information content (AvgIpc) is 3.35. The fourth-order valence-electron chi connectivity index (χ4n) is 2.33. The second-order valence-electron chi connectivity index (χ2n) is 5.79.